The van der Waals surface area contributed by atoms with Gasteiger partial charge in [-0.1, -0.05) is 62.4 Å². The van der Waals surface area contributed by atoms with Crippen molar-refractivity contribution in [2.45, 2.75) is 39.0 Å². The van der Waals surface area contributed by atoms with E-state index in [2.05, 4.69) is 24.3 Å². The number of fused-ring (bicyclic) bond motifs is 3. The van der Waals surface area contributed by atoms with Gasteiger partial charge in [-0.2, -0.15) is 0 Å². The molecule has 0 bridgehead atoms. The molecule has 0 amide bonds. The number of hydrogen-bond acceptors (Lipinski definition) is 3. The quantitative estimate of drug-likeness (QED) is 0.677. The number of ether oxygens (including phenoxy) is 1. The zero-order valence-corrected chi connectivity index (χ0v) is 15.9. The van der Waals surface area contributed by atoms with Gasteiger partial charge in [0.2, 0.25) is 0 Å². The minimum atomic E-state index is -0.838. The molecule has 2 aromatic rings. The van der Waals surface area contributed by atoms with E-state index in [4.69, 9.17) is 4.74 Å². The Morgan fingerprint density at radius 2 is 1.56 bits per heavy atom. The number of carbonyl (C=O) groups excluding carboxylic acids is 1. The number of aliphatic carboxylic acids is 1. The Balaban J connectivity index is 1.62. The minimum absolute atomic E-state index is 0.0345. The average Bonchev–Trinajstić information content (AvgIpc) is 2.97. The first kappa shape index (κ1) is 19.2. The van der Waals surface area contributed by atoms with E-state index in [0.717, 1.165) is 0 Å². The molecule has 2 aromatic carbocycles. The summed E-state index contributed by atoms with van der Waals surface area (Å²) >= 11 is 0. The van der Waals surface area contributed by atoms with Gasteiger partial charge in [0.15, 0.2) is 0 Å². The van der Waals surface area contributed by atoms with Crippen LogP contribution in [-0.4, -0.2) is 23.7 Å². The van der Waals surface area contributed by atoms with Crippen LogP contribution in [0.15, 0.2) is 48.5 Å². The van der Waals surface area contributed by atoms with Gasteiger partial charge in [0, 0.05) is 12.3 Å². The summed E-state index contributed by atoms with van der Waals surface area (Å²) in [4.78, 5) is 23.6. The summed E-state index contributed by atoms with van der Waals surface area (Å²) in [5, 5.41) is 9.30. The Morgan fingerprint density at radius 1 is 1.00 bits per heavy atom. The van der Waals surface area contributed by atoms with Crippen molar-refractivity contribution < 1.29 is 19.4 Å². The van der Waals surface area contributed by atoms with Gasteiger partial charge in [-0.25, -0.2) is 0 Å². The Kier molecular flexibility index (Phi) is 5.94. The number of carboxylic acid groups (broad SMARTS) is 1. The standard InChI is InChI=1S/C23H26O4/c1-15(2)13-16(23(25)26)11-12-22(24)27-14-21-19-9-5-3-7-17(19)18-8-4-6-10-20(18)21/h3-10,15-16,21H,11-14H2,1-2H3,(H,25,26)/t16-/m1/s1. The summed E-state index contributed by atoms with van der Waals surface area (Å²) in [6.07, 6.45) is 1.04. The molecule has 1 atom stereocenters. The Labute approximate surface area is 160 Å². The molecule has 1 aliphatic carbocycles. The fraction of sp³-hybridized carbons (Fsp3) is 0.391. The summed E-state index contributed by atoms with van der Waals surface area (Å²) in [6, 6.07) is 16.4. The normalized spacial score (nSPS) is 13.9. The highest BCUT2D eigenvalue weighted by Gasteiger charge is 2.29. The van der Waals surface area contributed by atoms with Crippen molar-refractivity contribution in [3.63, 3.8) is 0 Å². The van der Waals surface area contributed by atoms with Crippen molar-refractivity contribution in [2.75, 3.05) is 6.61 Å². The smallest absolute Gasteiger partial charge is 0.306 e. The number of hydrogen-bond donors (Lipinski definition) is 1. The van der Waals surface area contributed by atoms with Crippen LogP contribution in [0.4, 0.5) is 0 Å². The molecular formula is C23H26O4. The third-order valence-corrected chi connectivity index (χ3v) is 5.18. The molecule has 4 heteroatoms. The molecule has 1 aliphatic rings. The highest BCUT2D eigenvalue weighted by Crippen LogP contribution is 2.44. The zero-order valence-electron chi connectivity index (χ0n) is 15.9. The van der Waals surface area contributed by atoms with E-state index >= 15 is 0 Å². The number of carbonyl (C=O) groups is 2. The molecule has 0 saturated carbocycles. The molecule has 4 nitrogen and oxygen atoms in total. The maximum Gasteiger partial charge on any atom is 0.306 e. The van der Waals surface area contributed by atoms with Crippen LogP contribution >= 0.6 is 0 Å². The molecule has 142 valence electrons. The van der Waals surface area contributed by atoms with Crippen molar-refractivity contribution in [3.8, 4) is 11.1 Å². The van der Waals surface area contributed by atoms with Gasteiger partial charge in [-0.3, -0.25) is 9.59 Å². The van der Waals surface area contributed by atoms with E-state index in [9.17, 15) is 14.7 Å². The van der Waals surface area contributed by atoms with Crippen LogP contribution in [0.3, 0.4) is 0 Å². The monoisotopic (exact) mass is 366 g/mol. The second kappa shape index (κ2) is 8.38. The highest BCUT2D eigenvalue weighted by molar-refractivity contribution is 5.79. The van der Waals surface area contributed by atoms with E-state index in [-0.39, 0.29) is 30.8 Å². The first-order chi connectivity index (χ1) is 13.0. The molecule has 0 heterocycles. The van der Waals surface area contributed by atoms with Crippen LogP contribution in [0.2, 0.25) is 0 Å². The topological polar surface area (TPSA) is 63.6 Å². The molecule has 0 saturated heterocycles. The van der Waals surface area contributed by atoms with Gasteiger partial charge in [0.25, 0.3) is 0 Å². The van der Waals surface area contributed by atoms with Gasteiger partial charge in [0.05, 0.1) is 5.92 Å². The van der Waals surface area contributed by atoms with Gasteiger partial charge < -0.3 is 9.84 Å². The molecule has 0 aliphatic heterocycles. The number of rotatable bonds is 8. The van der Waals surface area contributed by atoms with Crippen LogP contribution in [-0.2, 0) is 14.3 Å². The van der Waals surface area contributed by atoms with Gasteiger partial charge >= 0.3 is 11.9 Å². The second-order valence-corrected chi connectivity index (χ2v) is 7.61. The molecule has 0 radical (unpaired) electrons. The van der Waals surface area contributed by atoms with Gasteiger partial charge in [-0.15, -0.1) is 0 Å². The summed E-state index contributed by atoms with van der Waals surface area (Å²) in [5.74, 6) is -1.34. The molecule has 1 N–H and O–H groups in total. The van der Waals surface area contributed by atoms with Crippen molar-refractivity contribution in [1.29, 1.82) is 0 Å². The Bertz CT molecular complexity index is 779. The fourth-order valence-electron chi connectivity index (χ4n) is 3.89. The van der Waals surface area contributed by atoms with E-state index < -0.39 is 11.9 Å². The highest BCUT2D eigenvalue weighted by atomic mass is 16.5. The third-order valence-electron chi connectivity index (χ3n) is 5.18. The van der Waals surface area contributed by atoms with Gasteiger partial charge in [0.1, 0.15) is 6.61 Å². The predicted octanol–water partition coefficient (Wildman–Crippen LogP) is 4.87. The predicted molar refractivity (Wildman–Crippen MR) is 104 cm³/mol. The van der Waals surface area contributed by atoms with Crippen LogP contribution in [0.1, 0.15) is 50.2 Å². The molecule has 0 aromatic heterocycles. The molecule has 27 heavy (non-hydrogen) atoms. The largest absolute Gasteiger partial charge is 0.481 e. The zero-order chi connectivity index (χ0) is 19.4. The third kappa shape index (κ3) is 4.38. The summed E-state index contributed by atoms with van der Waals surface area (Å²) < 4.78 is 5.54. The van der Waals surface area contributed by atoms with Gasteiger partial charge in [-0.05, 0) is 41.0 Å². The van der Waals surface area contributed by atoms with Crippen molar-refractivity contribution in [2.24, 2.45) is 11.8 Å². The van der Waals surface area contributed by atoms with E-state index in [1.807, 2.05) is 38.1 Å². The summed E-state index contributed by atoms with van der Waals surface area (Å²) in [7, 11) is 0. The van der Waals surface area contributed by atoms with E-state index in [1.54, 1.807) is 0 Å². The SMILES string of the molecule is CC(C)C[C@@H](CCC(=O)OCC1c2ccccc2-c2ccccc21)C(=O)O. The average molecular weight is 366 g/mol. The lowest BCUT2D eigenvalue weighted by atomic mass is 9.93. The van der Waals surface area contributed by atoms with Crippen molar-refractivity contribution in [1.82, 2.24) is 0 Å². The first-order valence-electron chi connectivity index (χ1n) is 9.54. The minimum Gasteiger partial charge on any atom is -0.481 e. The van der Waals surface area contributed by atoms with Crippen LogP contribution in [0, 0.1) is 11.8 Å². The fourth-order valence-corrected chi connectivity index (χ4v) is 3.89. The lowest BCUT2D eigenvalue weighted by Crippen LogP contribution is -2.19. The van der Waals surface area contributed by atoms with Crippen LogP contribution < -0.4 is 0 Å². The van der Waals surface area contributed by atoms with Crippen LogP contribution in [0.5, 0.6) is 0 Å². The Morgan fingerprint density at radius 3 is 2.07 bits per heavy atom. The van der Waals surface area contributed by atoms with E-state index in [1.165, 1.54) is 22.3 Å². The molecule has 3 rings (SSSR count). The van der Waals surface area contributed by atoms with Crippen LogP contribution in [0.25, 0.3) is 11.1 Å². The summed E-state index contributed by atoms with van der Waals surface area (Å²) in [5.41, 5.74) is 4.73. The molecule has 0 spiro atoms. The number of esters is 1. The maximum absolute atomic E-state index is 12.2. The lowest BCUT2D eigenvalue weighted by molar-refractivity contribution is -0.146. The Hall–Kier alpha value is -2.62. The maximum atomic E-state index is 12.2. The molecule has 0 unspecified atom stereocenters. The lowest BCUT2D eigenvalue weighted by Gasteiger charge is -2.16. The number of carboxylic acids is 1. The molecule has 0 fully saturated rings. The van der Waals surface area contributed by atoms with E-state index in [0.29, 0.717) is 12.8 Å². The second-order valence-electron chi connectivity index (χ2n) is 7.61. The van der Waals surface area contributed by atoms with Crippen molar-refractivity contribution in [3.05, 3.63) is 59.7 Å². The molecular weight excluding hydrogens is 340 g/mol. The summed E-state index contributed by atoms with van der Waals surface area (Å²) in [6.45, 7) is 4.27. The number of benzene rings is 2. The van der Waals surface area contributed by atoms with Crippen molar-refractivity contribution >= 4 is 11.9 Å². The first-order valence-corrected chi connectivity index (χ1v) is 9.54.